The fraction of sp³-hybridized carbons (Fsp3) is 0.250. The molecule has 0 heterocycles. The number of rotatable bonds is 6. The molecule has 112 valence electrons. The molecule has 0 saturated carbocycles. The number of hydrogen-bond acceptors (Lipinski definition) is 4. The van der Waals surface area contributed by atoms with Gasteiger partial charge in [-0.1, -0.05) is 12.1 Å². The molecule has 0 unspecified atom stereocenters. The van der Waals surface area contributed by atoms with E-state index in [1.807, 2.05) is 36.4 Å². The zero-order valence-corrected chi connectivity index (χ0v) is 16.4. The quantitative estimate of drug-likeness (QED) is 0.535. The third-order valence-electron chi connectivity index (χ3n) is 3.01. The number of ether oxygens (including phenoxy) is 4. The molecule has 4 nitrogen and oxygen atoms in total. The summed E-state index contributed by atoms with van der Waals surface area (Å²) in [7, 11) is 7.57. The van der Waals surface area contributed by atoms with Gasteiger partial charge in [0.2, 0.25) is 0 Å². The van der Waals surface area contributed by atoms with Crippen LogP contribution in [0.1, 0.15) is 0 Å². The van der Waals surface area contributed by atoms with Crippen molar-refractivity contribution in [3.8, 4) is 23.0 Å². The summed E-state index contributed by atoms with van der Waals surface area (Å²) in [5.41, 5.74) is 0. The van der Waals surface area contributed by atoms with Crippen molar-refractivity contribution < 1.29 is 48.5 Å². The van der Waals surface area contributed by atoms with Crippen molar-refractivity contribution in [3.63, 3.8) is 0 Å². The van der Waals surface area contributed by atoms with E-state index in [-0.39, 0.29) is 29.6 Å². The standard InChI is InChI=1S/C16H18O4P.Na/c1-17-11-5-7-15(13(9-11)19-3)21-16-8-6-12(18-2)10-14(16)20-4;/h5-10H,1-4H3;/q-1;+1. The Labute approximate surface area is 155 Å². The van der Waals surface area contributed by atoms with Crippen LogP contribution in [0.5, 0.6) is 23.0 Å². The summed E-state index contributed by atoms with van der Waals surface area (Å²) in [6.07, 6.45) is 0. The molecule has 0 aliphatic heterocycles. The second-order valence-corrected chi connectivity index (χ2v) is 5.37. The van der Waals surface area contributed by atoms with Gasteiger partial charge in [0.1, 0.15) is 11.5 Å². The molecular formula is C16H18NaO4P. The first kappa shape index (κ1) is 19.1. The Morgan fingerprint density at radius 2 is 1.05 bits per heavy atom. The largest absolute Gasteiger partial charge is 1.00 e. The predicted molar refractivity (Wildman–Crippen MR) is 85.3 cm³/mol. The van der Waals surface area contributed by atoms with Crippen LogP contribution < -0.4 is 59.1 Å². The first-order valence-electron chi connectivity index (χ1n) is 6.37. The molecule has 2 rings (SSSR count). The summed E-state index contributed by atoms with van der Waals surface area (Å²) in [5, 5.41) is 2.09. The summed E-state index contributed by atoms with van der Waals surface area (Å²) in [6.45, 7) is 0. The Balaban J connectivity index is 0.00000242. The van der Waals surface area contributed by atoms with Gasteiger partial charge < -0.3 is 27.5 Å². The normalized spacial score (nSPS) is 9.64. The van der Waals surface area contributed by atoms with Gasteiger partial charge >= 0.3 is 29.6 Å². The third kappa shape index (κ3) is 4.53. The van der Waals surface area contributed by atoms with Crippen molar-refractivity contribution in [2.75, 3.05) is 28.4 Å². The monoisotopic (exact) mass is 328 g/mol. The maximum absolute atomic E-state index is 5.43. The smallest absolute Gasteiger partial charge is 0.499 e. The zero-order valence-electron chi connectivity index (χ0n) is 13.5. The second-order valence-electron chi connectivity index (χ2n) is 4.19. The van der Waals surface area contributed by atoms with Crippen molar-refractivity contribution in [1.29, 1.82) is 0 Å². The van der Waals surface area contributed by atoms with E-state index in [0.29, 0.717) is 0 Å². The molecule has 0 aliphatic carbocycles. The van der Waals surface area contributed by atoms with Gasteiger partial charge in [-0.15, -0.1) is 0 Å². The molecule has 0 amide bonds. The summed E-state index contributed by atoms with van der Waals surface area (Å²) in [5.74, 6) is 3.11. The molecule has 0 radical (unpaired) electrons. The Hall–Kier alpha value is -0.930. The molecule has 0 fully saturated rings. The fourth-order valence-electron chi connectivity index (χ4n) is 1.88. The third-order valence-corrected chi connectivity index (χ3v) is 4.24. The number of hydrogen-bond donors (Lipinski definition) is 0. The Morgan fingerprint density at radius 3 is 1.36 bits per heavy atom. The van der Waals surface area contributed by atoms with E-state index in [2.05, 4.69) is 0 Å². The van der Waals surface area contributed by atoms with Gasteiger partial charge in [-0.25, -0.2) is 0 Å². The van der Waals surface area contributed by atoms with E-state index in [4.69, 9.17) is 18.9 Å². The van der Waals surface area contributed by atoms with E-state index in [0.717, 1.165) is 42.2 Å². The minimum Gasteiger partial charge on any atom is -0.499 e. The van der Waals surface area contributed by atoms with Crippen molar-refractivity contribution >= 4 is 19.2 Å². The molecular weight excluding hydrogens is 310 g/mol. The summed E-state index contributed by atoms with van der Waals surface area (Å²) < 4.78 is 21.3. The van der Waals surface area contributed by atoms with Gasteiger partial charge in [0.25, 0.3) is 0 Å². The molecule has 0 aromatic heterocycles. The van der Waals surface area contributed by atoms with E-state index >= 15 is 0 Å². The maximum Gasteiger partial charge on any atom is 1.00 e. The van der Waals surface area contributed by atoms with Gasteiger partial charge in [-0.2, -0.15) is 10.6 Å². The van der Waals surface area contributed by atoms with Crippen LogP contribution in [0, 0.1) is 0 Å². The first-order chi connectivity index (χ1) is 10.2. The molecule has 22 heavy (non-hydrogen) atoms. The van der Waals surface area contributed by atoms with Crippen LogP contribution in [-0.4, -0.2) is 28.4 Å². The van der Waals surface area contributed by atoms with Crippen molar-refractivity contribution in [3.05, 3.63) is 36.4 Å². The van der Waals surface area contributed by atoms with Crippen LogP contribution in [0.3, 0.4) is 0 Å². The predicted octanol–water partition coefficient (Wildman–Crippen LogP) is -0.378. The molecule has 0 N–H and O–H groups in total. The first-order valence-corrected chi connectivity index (χ1v) is 7.27. The van der Waals surface area contributed by atoms with Gasteiger partial charge in [-0.3, -0.25) is 0 Å². The summed E-state index contributed by atoms with van der Waals surface area (Å²) >= 11 is 0. The fourth-order valence-corrected chi connectivity index (χ4v) is 2.97. The molecule has 2 aromatic rings. The van der Waals surface area contributed by atoms with Crippen LogP contribution in [0.4, 0.5) is 0 Å². The second kappa shape index (κ2) is 9.26. The molecule has 0 bridgehead atoms. The van der Waals surface area contributed by atoms with E-state index in [1.54, 1.807) is 28.4 Å². The molecule has 0 spiro atoms. The molecule has 0 atom stereocenters. The van der Waals surface area contributed by atoms with E-state index < -0.39 is 0 Å². The number of benzene rings is 2. The summed E-state index contributed by atoms with van der Waals surface area (Å²) in [4.78, 5) is 0. The van der Waals surface area contributed by atoms with Crippen LogP contribution in [0.25, 0.3) is 0 Å². The Bertz CT molecular complexity index is 566. The van der Waals surface area contributed by atoms with E-state index in [1.165, 1.54) is 0 Å². The van der Waals surface area contributed by atoms with Crippen LogP contribution in [0.2, 0.25) is 0 Å². The van der Waals surface area contributed by atoms with Gasteiger partial charge in [0.15, 0.2) is 0 Å². The minimum absolute atomic E-state index is 0. The van der Waals surface area contributed by atoms with Gasteiger partial charge in [0.05, 0.1) is 39.9 Å². The van der Waals surface area contributed by atoms with Crippen molar-refractivity contribution in [2.24, 2.45) is 0 Å². The topological polar surface area (TPSA) is 36.9 Å². The van der Waals surface area contributed by atoms with E-state index in [9.17, 15) is 0 Å². The Morgan fingerprint density at radius 1 is 0.636 bits per heavy atom. The summed E-state index contributed by atoms with van der Waals surface area (Å²) in [6, 6.07) is 11.6. The average molecular weight is 328 g/mol. The molecule has 6 heteroatoms. The van der Waals surface area contributed by atoms with Crippen LogP contribution in [-0.2, 0) is 0 Å². The zero-order chi connectivity index (χ0) is 15.2. The van der Waals surface area contributed by atoms with Crippen LogP contribution >= 0.6 is 8.58 Å². The Kier molecular flexibility index (Phi) is 8.05. The van der Waals surface area contributed by atoms with Crippen molar-refractivity contribution in [2.45, 2.75) is 0 Å². The molecule has 0 saturated heterocycles. The van der Waals surface area contributed by atoms with Gasteiger partial charge in [-0.05, 0) is 12.1 Å². The maximum atomic E-state index is 5.43. The number of methoxy groups -OCH3 is 4. The van der Waals surface area contributed by atoms with Crippen molar-refractivity contribution in [1.82, 2.24) is 0 Å². The average Bonchev–Trinajstić information content (AvgIpc) is 2.55. The molecule has 2 aromatic carbocycles. The minimum atomic E-state index is 0. The molecule has 0 aliphatic rings. The van der Waals surface area contributed by atoms with Gasteiger partial charge in [0, 0.05) is 12.1 Å². The van der Waals surface area contributed by atoms with Crippen LogP contribution in [0.15, 0.2) is 36.4 Å². The SMILES string of the molecule is COc1ccc([P-]c2ccc(OC)cc2OC)c(OC)c1.[Na+].